The number of rotatable bonds is 10. The van der Waals surface area contributed by atoms with Crippen LogP contribution >= 0.6 is 0 Å². The van der Waals surface area contributed by atoms with Gasteiger partial charge in [0.05, 0.1) is 6.61 Å². The minimum absolute atomic E-state index is 0.238. The van der Waals surface area contributed by atoms with E-state index in [2.05, 4.69) is 19.1 Å². The van der Waals surface area contributed by atoms with Crippen LogP contribution in [0, 0.1) is 0 Å². The molecule has 146 valence electrons. The molecule has 0 spiro atoms. The number of nitrogens with zero attached hydrogens (tertiary/aromatic N) is 1. The third-order valence-electron chi connectivity index (χ3n) is 5.50. The minimum Gasteiger partial charge on any atom is -0.494 e. The first-order valence-electron chi connectivity index (χ1n) is 10.3. The van der Waals surface area contributed by atoms with Gasteiger partial charge in [0.2, 0.25) is 5.91 Å². The summed E-state index contributed by atoms with van der Waals surface area (Å²) in [6.07, 6.45) is 10.4. The third-order valence-corrected chi connectivity index (χ3v) is 5.50. The molecular formula is C22H36N2O2. The van der Waals surface area contributed by atoms with E-state index in [9.17, 15) is 4.79 Å². The van der Waals surface area contributed by atoms with Crippen molar-refractivity contribution in [2.24, 2.45) is 5.73 Å². The summed E-state index contributed by atoms with van der Waals surface area (Å²) in [5.74, 6) is 1.16. The van der Waals surface area contributed by atoms with Gasteiger partial charge >= 0.3 is 0 Å². The molecule has 0 unspecified atom stereocenters. The van der Waals surface area contributed by atoms with E-state index in [4.69, 9.17) is 10.5 Å². The van der Waals surface area contributed by atoms with Gasteiger partial charge < -0.3 is 15.4 Å². The molecule has 1 aliphatic carbocycles. The van der Waals surface area contributed by atoms with Crippen LogP contribution in [0.4, 0.5) is 0 Å². The zero-order valence-electron chi connectivity index (χ0n) is 16.6. The van der Waals surface area contributed by atoms with Crippen LogP contribution in [0.2, 0.25) is 0 Å². The topological polar surface area (TPSA) is 55.6 Å². The predicted molar refractivity (Wildman–Crippen MR) is 107 cm³/mol. The van der Waals surface area contributed by atoms with E-state index in [1.54, 1.807) is 0 Å². The number of hydrogen-bond donors (Lipinski definition) is 1. The van der Waals surface area contributed by atoms with E-state index in [1.165, 1.54) is 24.8 Å². The number of unbranched alkanes of at least 4 members (excludes halogenated alkanes) is 3. The van der Waals surface area contributed by atoms with Gasteiger partial charge in [-0.25, -0.2) is 0 Å². The van der Waals surface area contributed by atoms with Crippen molar-refractivity contribution in [1.82, 2.24) is 4.90 Å². The maximum absolute atomic E-state index is 12.5. The second-order valence-electron chi connectivity index (χ2n) is 7.63. The summed E-state index contributed by atoms with van der Waals surface area (Å²) in [5, 5.41) is 0. The number of ether oxygens (including phenoxy) is 1. The fourth-order valence-corrected chi connectivity index (χ4v) is 3.59. The zero-order chi connectivity index (χ0) is 18.8. The SMILES string of the molecule is CCCCCCOc1ccc(CCC(=O)N(C)[C@H]2CC[C@H](N)CC2)cc1. The molecule has 2 N–H and O–H groups in total. The Morgan fingerprint density at radius 1 is 1.12 bits per heavy atom. The number of benzene rings is 1. The lowest BCUT2D eigenvalue weighted by atomic mass is 9.91. The lowest BCUT2D eigenvalue weighted by molar-refractivity contribution is -0.132. The molecule has 1 aromatic carbocycles. The first kappa shape index (κ1) is 20.8. The number of aryl methyl sites for hydroxylation is 1. The summed E-state index contributed by atoms with van der Waals surface area (Å²) in [6.45, 7) is 3.00. The Hall–Kier alpha value is -1.55. The zero-order valence-corrected chi connectivity index (χ0v) is 16.6. The molecule has 0 aromatic heterocycles. The molecule has 0 aliphatic heterocycles. The summed E-state index contributed by atoms with van der Waals surface area (Å²) in [7, 11) is 1.94. The fraction of sp³-hybridized carbons (Fsp3) is 0.682. The molecule has 4 nitrogen and oxygen atoms in total. The van der Waals surface area contributed by atoms with Crippen molar-refractivity contribution in [2.75, 3.05) is 13.7 Å². The third kappa shape index (κ3) is 6.99. The molecule has 0 atom stereocenters. The Kier molecular flexibility index (Phi) is 8.96. The molecule has 26 heavy (non-hydrogen) atoms. The highest BCUT2D eigenvalue weighted by molar-refractivity contribution is 5.76. The average Bonchev–Trinajstić information content (AvgIpc) is 2.67. The summed E-state index contributed by atoms with van der Waals surface area (Å²) in [5.41, 5.74) is 7.15. The first-order chi connectivity index (χ1) is 12.6. The molecule has 1 amide bonds. The Morgan fingerprint density at radius 3 is 2.46 bits per heavy atom. The highest BCUT2D eigenvalue weighted by atomic mass is 16.5. The van der Waals surface area contributed by atoms with Crippen molar-refractivity contribution in [2.45, 2.75) is 83.2 Å². The van der Waals surface area contributed by atoms with E-state index in [0.29, 0.717) is 18.5 Å². The van der Waals surface area contributed by atoms with Gasteiger partial charge in [-0.3, -0.25) is 4.79 Å². The van der Waals surface area contributed by atoms with E-state index in [1.807, 2.05) is 24.1 Å². The van der Waals surface area contributed by atoms with Crippen molar-refractivity contribution in [1.29, 1.82) is 0 Å². The van der Waals surface area contributed by atoms with Gasteiger partial charge in [0.25, 0.3) is 0 Å². The van der Waals surface area contributed by atoms with E-state index >= 15 is 0 Å². The highest BCUT2D eigenvalue weighted by Gasteiger charge is 2.24. The van der Waals surface area contributed by atoms with Gasteiger partial charge in [-0.2, -0.15) is 0 Å². The average molecular weight is 361 g/mol. The van der Waals surface area contributed by atoms with E-state index < -0.39 is 0 Å². The lowest BCUT2D eigenvalue weighted by Crippen LogP contribution is -2.41. The van der Waals surface area contributed by atoms with Crippen LogP contribution in [0.3, 0.4) is 0 Å². The number of hydrogen-bond acceptors (Lipinski definition) is 3. The normalized spacial score (nSPS) is 20.0. The van der Waals surface area contributed by atoms with Crippen LogP contribution in [0.5, 0.6) is 5.75 Å². The van der Waals surface area contributed by atoms with Crippen molar-refractivity contribution >= 4 is 5.91 Å². The maximum atomic E-state index is 12.5. The van der Waals surface area contributed by atoms with Gasteiger partial charge in [-0.1, -0.05) is 38.3 Å². The molecular weight excluding hydrogens is 324 g/mol. The van der Waals surface area contributed by atoms with Gasteiger partial charge in [-0.15, -0.1) is 0 Å². The van der Waals surface area contributed by atoms with E-state index in [-0.39, 0.29) is 5.91 Å². The molecule has 1 saturated carbocycles. The molecule has 0 radical (unpaired) electrons. The Morgan fingerprint density at radius 2 is 1.81 bits per heavy atom. The number of carbonyl (C=O) groups is 1. The Balaban J connectivity index is 1.69. The molecule has 1 fully saturated rings. The minimum atomic E-state index is 0.238. The molecule has 0 heterocycles. The second kappa shape index (κ2) is 11.2. The van der Waals surface area contributed by atoms with Crippen molar-refractivity contribution in [3.05, 3.63) is 29.8 Å². The van der Waals surface area contributed by atoms with Gasteiger partial charge in [0.1, 0.15) is 5.75 Å². The van der Waals surface area contributed by atoms with E-state index in [0.717, 1.165) is 50.9 Å². The van der Waals surface area contributed by atoms with Crippen LogP contribution in [-0.2, 0) is 11.2 Å². The fourth-order valence-electron chi connectivity index (χ4n) is 3.59. The maximum Gasteiger partial charge on any atom is 0.222 e. The number of amides is 1. The van der Waals surface area contributed by atoms with Gasteiger partial charge in [-0.05, 0) is 56.2 Å². The number of nitrogens with two attached hydrogens (primary N) is 1. The number of carbonyl (C=O) groups excluding carboxylic acids is 1. The lowest BCUT2D eigenvalue weighted by Gasteiger charge is -2.33. The molecule has 0 bridgehead atoms. The second-order valence-corrected chi connectivity index (χ2v) is 7.63. The largest absolute Gasteiger partial charge is 0.494 e. The molecule has 2 rings (SSSR count). The summed E-state index contributed by atoms with van der Waals surface area (Å²) >= 11 is 0. The first-order valence-corrected chi connectivity index (χ1v) is 10.3. The standard InChI is InChI=1S/C22H36N2O2/c1-3-4-5-6-17-26-21-14-7-18(8-15-21)9-16-22(25)24(2)20-12-10-19(23)11-13-20/h7-8,14-15,19-20H,3-6,9-13,16-17,23H2,1-2H3/t19-,20-. The van der Waals surface area contributed by atoms with Crippen LogP contribution in [0.15, 0.2) is 24.3 Å². The van der Waals surface area contributed by atoms with Crippen molar-refractivity contribution in [3.63, 3.8) is 0 Å². The molecule has 0 saturated heterocycles. The van der Waals surface area contributed by atoms with Crippen LogP contribution in [0.1, 0.15) is 70.3 Å². The Bertz CT molecular complexity index is 521. The van der Waals surface area contributed by atoms with Crippen LogP contribution in [0.25, 0.3) is 0 Å². The molecule has 1 aliphatic rings. The van der Waals surface area contributed by atoms with Crippen LogP contribution in [-0.4, -0.2) is 36.5 Å². The summed E-state index contributed by atoms with van der Waals surface area (Å²) < 4.78 is 5.77. The quantitative estimate of drug-likeness (QED) is 0.633. The predicted octanol–water partition coefficient (Wildman–Crippen LogP) is 4.31. The Labute approximate surface area is 159 Å². The van der Waals surface area contributed by atoms with Crippen LogP contribution < -0.4 is 10.5 Å². The molecule has 1 aromatic rings. The summed E-state index contributed by atoms with van der Waals surface area (Å²) in [6, 6.07) is 8.88. The van der Waals surface area contributed by atoms with Gasteiger partial charge in [0.15, 0.2) is 0 Å². The van der Waals surface area contributed by atoms with Crippen molar-refractivity contribution < 1.29 is 9.53 Å². The highest BCUT2D eigenvalue weighted by Crippen LogP contribution is 2.22. The van der Waals surface area contributed by atoms with Gasteiger partial charge in [0, 0.05) is 25.6 Å². The summed E-state index contributed by atoms with van der Waals surface area (Å²) in [4.78, 5) is 14.4. The molecule has 4 heteroatoms. The van der Waals surface area contributed by atoms with Crippen molar-refractivity contribution in [3.8, 4) is 5.75 Å². The monoisotopic (exact) mass is 360 g/mol. The smallest absolute Gasteiger partial charge is 0.222 e.